The molecular formula is C25H28ClN3O. The summed E-state index contributed by atoms with van der Waals surface area (Å²) in [6.45, 7) is 3.56. The Morgan fingerprint density at radius 3 is 2.83 bits per heavy atom. The van der Waals surface area contributed by atoms with Gasteiger partial charge in [-0.15, -0.1) is 0 Å². The van der Waals surface area contributed by atoms with Gasteiger partial charge in [-0.05, 0) is 55.0 Å². The number of carbonyl (C=O) groups excluding carboxylic acids is 1. The first kappa shape index (κ1) is 20.8. The molecule has 4 rings (SSSR count). The Morgan fingerprint density at radius 2 is 1.93 bits per heavy atom. The maximum absolute atomic E-state index is 12.3. The molecule has 0 unspecified atom stereocenters. The van der Waals surface area contributed by atoms with E-state index < -0.39 is 0 Å². The van der Waals surface area contributed by atoms with Crippen LogP contribution in [0.25, 0.3) is 10.9 Å². The van der Waals surface area contributed by atoms with Crippen LogP contribution in [-0.4, -0.2) is 28.9 Å². The topological polar surface area (TPSA) is 45.2 Å². The molecule has 5 heteroatoms. The average Bonchev–Trinajstić information content (AvgIpc) is 2.78. The number of carbonyl (C=O) groups is 1. The lowest BCUT2D eigenvalue weighted by Crippen LogP contribution is -2.35. The van der Waals surface area contributed by atoms with Crippen LogP contribution in [0.3, 0.4) is 0 Å². The number of hydrogen-bond acceptors (Lipinski definition) is 3. The summed E-state index contributed by atoms with van der Waals surface area (Å²) in [4.78, 5) is 19.4. The van der Waals surface area contributed by atoms with Gasteiger partial charge in [-0.2, -0.15) is 0 Å². The van der Waals surface area contributed by atoms with Gasteiger partial charge in [0.15, 0.2) is 0 Å². The highest BCUT2D eigenvalue weighted by Gasteiger charge is 2.21. The third-order valence-corrected chi connectivity index (χ3v) is 6.30. The summed E-state index contributed by atoms with van der Waals surface area (Å²) < 4.78 is 0. The summed E-state index contributed by atoms with van der Waals surface area (Å²) in [5, 5.41) is 4.90. The van der Waals surface area contributed by atoms with E-state index in [1.165, 1.54) is 23.8 Å². The lowest BCUT2D eigenvalue weighted by Gasteiger charge is -2.33. The number of para-hydroxylation sites is 1. The standard InChI is InChI=1S/C25H28ClN3O/c26-23-11-2-1-7-21(23)16-28-24(30)13-12-19-6-5-15-29(17-19)18-22-9-3-8-20-10-4-14-27-25(20)22/h1-4,7-11,14,19H,5-6,12-13,15-18H2,(H,28,30)/t19-/m1/s1. The molecule has 1 saturated heterocycles. The molecule has 30 heavy (non-hydrogen) atoms. The van der Waals surface area contributed by atoms with E-state index in [0.717, 1.165) is 37.1 Å². The Morgan fingerprint density at radius 1 is 1.10 bits per heavy atom. The largest absolute Gasteiger partial charge is 0.352 e. The summed E-state index contributed by atoms with van der Waals surface area (Å²) in [5.74, 6) is 0.665. The molecule has 2 aromatic carbocycles. The number of fused-ring (bicyclic) bond motifs is 1. The summed E-state index contributed by atoms with van der Waals surface area (Å²) in [6.07, 6.45) is 5.75. The third-order valence-electron chi connectivity index (χ3n) is 5.93. The molecule has 0 aliphatic carbocycles. The maximum atomic E-state index is 12.3. The summed E-state index contributed by atoms with van der Waals surface area (Å²) in [5.41, 5.74) is 3.34. The molecule has 1 fully saturated rings. The van der Waals surface area contributed by atoms with Gasteiger partial charge < -0.3 is 5.32 Å². The van der Waals surface area contributed by atoms with Gasteiger partial charge in [0.2, 0.25) is 5.91 Å². The molecule has 1 atom stereocenters. The van der Waals surface area contributed by atoms with E-state index in [-0.39, 0.29) is 5.91 Å². The fraction of sp³-hybridized carbons (Fsp3) is 0.360. The minimum Gasteiger partial charge on any atom is -0.352 e. The number of likely N-dealkylation sites (tertiary alicyclic amines) is 1. The van der Waals surface area contributed by atoms with E-state index in [9.17, 15) is 4.79 Å². The van der Waals surface area contributed by atoms with Crippen LogP contribution in [-0.2, 0) is 17.9 Å². The second kappa shape index (κ2) is 10.1. The molecule has 0 saturated carbocycles. The number of piperidine rings is 1. The SMILES string of the molecule is O=C(CC[C@H]1CCCN(Cc2cccc3cccnc23)C1)NCc1ccccc1Cl. The smallest absolute Gasteiger partial charge is 0.220 e. The molecule has 1 aliphatic heterocycles. The molecule has 1 N–H and O–H groups in total. The average molecular weight is 422 g/mol. The van der Waals surface area contributed by atoms with E-state index in [2.05, 4.69) is 39.5 Å². The van der Waals surface area contributed by atoms with Gasteiger partial charge in [0.05, 0.1) is 5.52 Å². The van der Waals surface area contributed by atoms with Gasteiger partial charge in [0, 0.05) is 42.7 Å². The summed E-state index contributed by atoms with van der Waals surface area (Å²) in [6, 6.07) is 18.2. The van der Waals surface area contributed by atoms with Gasteiger partial charge in [0.25, 0.3) is 0 Å². The van der Waals surface area contributed by atoms with Crippen LogP contribution in [0.2, 0.25) is 5.02 Å². The van der Waals surface area contributed by atoms with Crippen LogP contribution >= 0.6 is 11.6 Å². The molecule has 3 aromatic rings. The second-order valence-electron chi connectivity index (χ2n) is 8.14. The van der Waals surface area contributed by atoms with Crippen LogP contribution in [0, 0.1) is 5.92 Å². The fourth-order valence-corrected chi connectivity index (χ4v) is 4.53. The number of nitrogens with zero attached hydrogens (tertiary/aromatic N) is 2. The molecular weight excluding hydrogens is 394 g/mol. The van der Waals surface area contributed by atoms with E-state index >= 15 is 0 Å². The summed E-state index contributed by atoms with van der Waals surface area (Å²) >= 11 is 6.16. The number of benzene rings is 2. The van der Waals surface area contributed by atoms with Crippen molar-refractivity contribution < 1.29 is 4.79 Å². The van der Waals surface area contributed by atoms with Crippen LogP contribution in [0.5, 0.6) is 0 Å². The van der Waals surface area contributed by atoms with Gasteiger partial charge in [-0.1, -0.05) is 54.1 Å². The van der Waals surface area contributed by atoms with Crippen LogP contribution in [0.4, 0.5) is 0 Å². The van der Waals surface area contributed by atoms with Crippen molar-refractivity contribution in [2.24, 2.45) is 5.92 Å². The molecule has 1 aromatic heterocycles. The van der Waals surface area contributed by atoms with Crippen molar-refractivity contribution in [1.82, 2.24) is 15.2 Å². The highest BCUT2D eigenvalue weighted by molar-refractivity contribution is 6.31. The number of amides is 1. The maximum Gasteiger partial charge on any atom is 0.220 e. The Hall–Kier alpha value is -2.43. The van der Waals surface area contributed by atoms with Gasteiger partial charge in [-0.25, -0.2) is 0 Å². The molecule has 4 nitrogen and oxygen atoms in total. The quantitative estimate of drug-likeness (QED) is 0.570. The molecule has 0 spiro atoms. The molecule has 2 heterocycles. The van der Waals surface area contributed by atoms with Crippen molar-refractivity contribution in [1.29, 1.82) is 0 Å². The van der Waals surface area contributed by atoms with Crippen LogP contribution in [0.1, 0.15) is 36.8 Å². The second-order valence-corrected chi connectivity index (χ2v) is 8.55. The highest BCUT2D eigenvalue weighted by atomic mass is 35.5. The molecule has 1 aliphatic rings. The Balaban J connectivity index is 1.27. The lowest BCUT2D eigenvalue weighted by atomic mass is 9.93. The zero-order valence-corrected chi connectivity index (χ0v) is 17.9. The zero-order chi connectivity index (χ0) is 20.8. The minimum absolute atomic E-state index is 0.102. The van der Waals surface area contributed by atoms with Crippen molar-refractivity contribution >= 4 is 28.4 Å². The van der Waals surface area contributed by atoms with Crippen molar-refractivity contribution in [3.05, 3.63) is 76.9 Å². The molecule has 0 radical (unpaired) electrons. The van der Waals surface area contributed by atoms with E-state index in [4.69, 9.17) is 11.6 Å². The van der Waals surface area contributed by atoms with Gasteiger partial charge in [0.1, 0.15) is 0 Å². The van der Waals surface area contributed by atoms with Gasteiger partial charge >= 0.3 is 0 Å². The lowest BCUT2D eigenvalue weighted by molar-refractivity contribution is -0.121. The highest BCUT2D eigenvalue weighted by Crippen LogP contribution is 2.24. The molecule has 156 valence electrons. The zero-order valence-electron chi connectivity index (χ0n) is 17.2. The Kier molecular flexibility index (Phi) is 6.98. The fourth-order valence-electron chi connectivity index (χ4n) is 4.33. The number of hydrogen-bond donors (Lipinski definition) is 1. The number of pyridine rings is 1. The monoisotopic (exact) mass is 421 g/mol. The summed E-state index contributed by atoms with van der Waals surface area (Å²) in [7, 11) is 0. The number of nitrogens with one attached hydrogen (secondary N) is 1. The van der Waals surface area contributed by atoms with Crippen LogP contribution in [0.15, 0.2) is 60.8 Å². The minimum atomic E-state index is 0.102. The predicted octanol–water partition coefficient (Wildman–Crippen LogP) is 5.20. The van der Waals surface area contributed by atoms with E-state index in [0.29, 0.717) is 23.9 Å². The van der Waals surface area contributed by atoms with Crippen molar-refractivity contribution in [2.75, 3.05) is 13.1 Å². The van der Waals surface area contributed by atoms with Crippen molar-refractivity contribution in [3.8, 4) is 0 Å². The number of rotatable bonds is 7. The first-order valence-corrected chi connectivity index (χ1v) is 11.1. The van der Waals surface area contributed by atoms with Crippen molar-refractivity contribution in [3.63, 3.8) is 0 Å². The normalized spacial score (nSPS) is 17.2. The number of halogens is 1. The van der Waals surface area contributed by atoms with Crippen LogP contribution < -0.4 is 5.32 Å². The van der Waals surface area contributed by atoms with E-state index in [1.54, 1.807) is 0 Å². The first-order chi connectivity index (χ1) is 14.7. The molecule has 0 bridgehead atoms. The van der Waals surface area contributed by atoms with Crippen molar-refractivity contribution in [2.45, 2.75) is 38.8 Å². The predicted molar refractivity (Wildman–Crippen MR) is 122 cm³/mol. The Bertz CT molecular complexity index is 1000. The first-order valence-electron chi connectivity index (χ1n) is 10.7. The van der Waals surface area contributed by atoms with E-state index in [1.807, 2.05) is 36.5 Å². The third kappa shape index (κ3) is 5.38. The van der Waals surface area contributed by atoms with Gasteiger partial charge in [-0.3, -0.25) is 14.7 Å². The Labute approximate surface area is 183 Å². The molecule has 1 amide bonds. The number of aromatic nitrogens is 1.